The largest absolute Gasteiger partial charge is 0.456 e. The highest BCUT2D eigenvalue weighted by atomic mass is 16.3. The van der Waals surface area contributed by atoms with Crippen LogP contribution in [0.3, 0.4) is 0 Å². The van der Waals surface area contributed by atoms with Crippen LogP contribution in [0.1, 0.15) is 13.7 Å². The number of rotatable bonds is 3. The van der Waals surface area contributed by atoms with Gasteiger partial charge < -0.3 is 9.32 Å². The highest BCUT2D eigenvalue weighted by molar-refractivity contribution is 6.19. The van der Waals surface area contributed by atoms with Crippen LogP contribution in [0.2, 0.25) is 0 Å². The van der Waals surface area contributed by atoms with Gasteiger partial charge in [-0.2, -0.15) is 0 Å². The third-order valence-corrected chi connectivity index (χ3v) is 6.00. The average Bonchev–Trinajstić information content (AvgIpc) is 3.40. The number of fused-ring (bicyclic) bond motifs is 6. The fourth-order valence-electron chi connectivity index (χ4n) is 4.55. The number of hydrogen-bond donors (Lipinski definition) is 0. The molecule has 0 aliphatic rings. The van der Waals surface area contributed by atoms with Gasteiger partial charge in [0.15, 0.2) is 0 Å². The molecule has 7 aromatic rings. The van der Waals surface area contributed by atoms with Crippen molar-refractivity contribution in [3.63, 3.8) is 0 Å². The van der Waals surface area contributed by atoms with Crippen molar-refractivity contribution in [2.75, 3.05) is 4.90 Å². The number of furan rings is 1. The zero-order chi connectivity index (χ0) is 31.2. The topological polar surface area (TPSA) is 16.4 Å². The van der Waals surface area contributed by atoms with E-state index in [4.69, 9.17) is 18.1 Å². The summed E-state index contributed by atoms with van der Waals surface area (Å²) in [6, 6.07) is 14.5. The average molecular weight is 446 g/mol. The van der Waals surface area contributed by atoms with Crippen LogP contribution in [-0.2, 0) is 0 Å². The molecule has 34 heavy (non-hydrogen) atoms. The zero-order valence-electron chi connectivity index (χ0n) is 27.7. The molecule has 0 amide bonds. The van der Waals surface area contributed by atoms with Gasteiger partial charge in [-0.05, 0) is 64.6 Å². The van der Waals surface area contributed by atoms with Crippen LogP contribution in [0.5, 0.6) is 0 Å². The van der Waals surface area contributed by atoms with Crippen molar-refractivity contribution < 1.29 is 18.1 Å². The minimum Gasteiger partial charge on any atom is -0.456 e. The standard InChI is InChI=1S/C32H21NO/c1-3-11-23(12-4-1)33(24-13-5-2-6-14-24)30-19-22-20-32-29(27-17-9-10-18-31(27)34-32)21-28(22)25-15-7-8-16-26(25)30/h1-21H/i1D,2D,3D,4D,5D,6D,11D,12D,13D,14D. The van der Waals surface area contributed by atoms with Gasteiger partial charge in [0.05, 0.1) is 19.4 Å². The SMILES string of the molecule is [2H]c1c([2H])c([2H])c(N(c2c([2H])c([2H])c([2H])c([2H])c2[2H])c2cc3cc4oc5ccccc5c4cc3c3ccccc23)c([2H])c1[2H]. The molecule has 1 aromatic heterocycles. The number of hydrogen-bond acceptors (Lipinski definition) is 2. The lowest BCUT2D eigenvalue weighted by molar-refractivity contribution is 0.669. The normalized spacial score (nSPS) is 15.6. The summed E-state index contributed by atoms with van der Waals surface area (Å²) in [5, 5.41) is 4.69. The van der Waals surface area contributed by atoms with Crippen molar-refractivity contribution in [3.05, 3.63) is 127 Å². The van der Waals surface area contributed by atoms with Crippen molar-refractivity contribution >= 4 is 60.5 Å². The van der Waals surface area contributed by atoms with E-state index in [1.54, 1.807) is 18.2 Å². The Bertz CT molecular complexity index is 2240. The summed E-state index contributed by atoms with van der Waals surface area (Å²) < 4.78 is 91.2. The maximum atomic E-state index is 8.81. The van der Waals surface area contributed by atoms with Gasteiger partial charge in [0, 0.05) is 27.5 Å². The van der Waals surface area contributed by atoms with E-state index in [0.29, 0.717) is 21.9 Å². The molecule has 160 valence electrons. The Morgan fingerprint density at radius 3 is 1.85 bits per heavy atom. The molecule has 1 heterocycles. The first kappa shape index (κ1) is 11.5. The van der Waals surface area contributed by atoms with Crippen molar-refractivity contribution in [2.45, 2.75) is 0 Å². The Hall–Kier alpha value is -4.56. The lowest BCUT2D eigenvalue weighted by atomic mass is 9.97. The summed E-state index contributed by atoms with van der Waals surface area (Å²) in [6.07, 6.45) is 0. The summed E-state index contributed by atoms with van der Waals surface area (Å²) in [7, 11) is 0. The third kappa shape index (κ3) is 2.89. The van der Waals surface area contributed by atoms with E-state index >= 15 is 0 Å². The van der Waals surface area contributed by atoms with Crippen LogP contribution < -0.4 is 4.90 Å². The number of benzene rings is 6. The summed E-state index contributed by atoms with van der Waals surface area (Å²) in [6.45, 7) is 0. The molecule has 0 saturated carbocycles. The lowest BCUT2D eigenvalue weighted by Gasteiger charge is -2.27. The molecule has 0 fully saturated rings. The quantitative estimate of drug-likeness (QED) is 0.252. The third-order valence-electron chi connectivity index (χ3n) is 6.00. The van der Waals surface area contributed by atoms with Gasteiger partial charge in [-0.1, -0.05) is 78.7 Å². The molecular formula is C32H21NO. The molecule has 7 rings (SSSR count). The number of para-hydroxylation sites is 3. The van der Waals surface area contributed by atoms with Crippen molar-refractivity contribution in [3.8, 4) is 0 Å². The van der Waals surface area contributed by atoms with Gasteiger partial charge >= 0.3 is 0 Å². The molecule has 0 N–H and O–H groups in total. The molecule has 0 aliphatic carbocycles. The van der Waals surface area contributed by atoms with E-state index in [1.165, 1.54) is 4.90 Å². The number of nitrogens with zero attached hydrogens (tertiary/aromatic N) is 1. The van der Waals surface area contributed by atoms with Gasteiger partial charge in [-0.15, -0.1) is 0 Å². The van der Waals surface area contributed by atoms with Crippen molar-refractivity contribution in [1.29, 1.82) is 0 Å². The Balaban J connectivity index is 1.68. The van der Waals surface area contributed by atoms with E-state index in [1.807, 2.05) is 48.5 Å². The maximum absolute atomic E-state index is 8.81. The molecular weight excluding hydrogens is 414 g/mol. The molecule has 0 spiro atoms. The number of anilines is 3. The second-order valence-electron chi connectivity index (χ2n) is 7.89. The molecule has 0 bridgehead atoms. The molecule has 6 aromatic carbocycles. The Kier molecular flexibility index (Phi) is 2.54. The highest BCUT2D eigenvalue weighted by Crippen LogP contribution is 2.43. The second kappa shape index (κ2) is 7.50. The Morgan fingerprint density at radius 2 is 1.15 bits per heavy atom. The van der Waals surface area contributed by atoms with E-state index in [9.17, 15) is 0 Å². The lowest BCUT2D eigenvalue weighted by Crippen LogP contribution is -2.10. The maximum Gasteiger partial charge on any atom is 0.136 e. The van der Waals surface area contributed by atoms with Crippen molar-refractivity contribution in [2.24, 2.45) is 0 Å². The van der Waals surface area contributed by atoms with Gasteiger partial charge in [0.25, 0.3) is 0 Å². The van der Waals surface area contributed by atoms with Crippen molar-refractivity contribution in [1.82, 2.24) is 0 Å². The van der Waals surface area contributed by atoms with Crippen LogP contribution in [0, 0.1) is 0 Å². The monoisotopic (exact) mass is 445 g/mol. The molecule has 2 heteroatoms. The smallest absolute Gasteiger partial charge is 0.136 e. The minimum atomic E-state index is -0.618. The summed E-state index contributed by atoms with van der Waals surface area (Å²) in [5.74, 6) is 0. The van der Waals surface area contributed by atoms with Crippen LogP contribution >= 0.6 is 0 Å². The Labute approximate surface area is 211 Å². The molecule has 0 atom stereocenters. The molecule has 0 saturated heterocycles. The fourth-order valence-corrected chi connectivity index (χ4v) is 4.55. The highest BCUT2D eigenvalue weighted by Gasteiger charge is 2.18. The second-order valence-corrected chi connectivity index (χ2v) is 7.89. The van der Waals surface area contributed by atoms with E-state index in [-0.39, 0.29) is 17.1 Å². The van der Waals surface area contributed by atoms with E-state index in [2.05, 4.69) is 0 Å². The summed E-state index contributed by atoms with van der Waals surface area (Å²) >= 11 is 0. The first-order chi connectivity index (χ1) is 21.0. The van der Waals surface area contributed by atoms with Gasteiger partial charge in [-0.3, -0.25) is 0 Å². The van der Waals surface area contributed by atoms with Crippen LogP contribution in [-0.4, -0.2) is 0 Å². The summed E-state index contributed by atoms with van der Waals surface area (Å²) in [5.41, 5.74) is 0.896. The first-order valence-corrected chi connectivity index (χ1v) is 10.7. The molecule has 0 unspecified atom stereocenters. The van der Waals surface area contributed by atoms with Crippen LogP contribution in [0.15, 0.2) is 132 Å². The minimum absolute atomic E-state index is 0.264. The molecule has 0 aliphatic heterocycles. The van der Waals surface area contributed by atoms with Gasteiger partial charge in [0.2, 0.25) is 0 Å². The summed E-state index contributed by atoms with van der Waals surface area (Å²) in [4.78, 5) is 1.20. The molecule has 0 radical (unpaired) electrons. The van der Waals surface area contributed by atoms with Crippen LogP contribution in [0.25, 0.3) is 43.5 Å². The van der Waals surface area contributed by atoms with Crippen LogP contribution in [0.4, 0.5) is 17.1 Å². The zero-order valence-corrected chi connectivity index (χ0v) is 17.7. The van der Waals surface area contributed by atoms with Gasteiger partial charge in [0.1, 0.15) is 11.2 Å². The van der Waals surface area contributed by atoms with E-state index < -0.39 is 60.4 Å². The fraction of sp³-hybridized carbons (Fsp3) is 0. The first-order valence-electron chi connectivity index (χ1n) is 15.7. The Morgan fingerprint density at radius 1 is 0.529 bits per heavy atom. The van der Waals surface area contributed by atoms with Gasteiger partial charge in [-0.25, -0.2) is 0 Å². The predicted octanol–water partition coefficient (Wildman–Crippen LogP) is 9.36. The van der Waals surface area contributed by atoms with E-state index in [0.717, 1.165) is 21.5 Å². The predicted molar refractivity (Wildman–Crippen MR) is 143 cm³/mol. The molecule has 2 nitrogen and oxygen atoms in total.